The summed E-state index contributed by atoms with van der Waals surface area (Å²) in [5.41, 5.74) is 9.02. The first-order chi connectivity index (χ1) is 7.59. The number of aryl methyl sites for hydroxylation is 1. The third kappa shape index (κ3) is 2.47. The predicted octanol–water partition coefficient (Wildman–Crippen LogP) is 2.56. The van der Waals surface area contributed by atoms with Crippen LogP contribution in [0.5, 0.6) is 0 Å². The van der Waals surface area contributed by atoms with Gasteiger partial charge in [-0.25, -0.2) is 0 Å². The summed E-state index contributed by atoms with van der Waals surface area (Å²) in [5.74, 6) is 0. The van der Waals surface area contributed by atoms with Gasteiger partial charge in [0.15, 0.2) is 0 Å². The SMILES string of the molecule is Cc1ccc(NC2(C)CCCOC2)c(N)c1. The molecule has 1 aromatic rings. The summed E-state index contributed by atoms with van der Waals surface area (Å²) >= 11 is 0. The van der Waals surface area contributed by atoms with Gasteiger partial charge in [-0.1, -0.05) is 6.07 Å². The molecule has 0 radical (unpaired) electrons. The first kappa shape index (κ1) is 11.3. The summed E-state index contributed by atoms with van der Waals surface area (Å²) in [7, 11) is 0. The van der Waals surface area contributed by atoms with E-state index in [0.717, 1.165) is 37.4 Å². The van der Waals surface area contributed by atoms with E-state index in [2.05, 4.69) is 18.3 Å². The van der Waals surface area contributed by atoms with Crippen LogP contribution in [0.1, 0.15) is 25.3 Å². The average Bonchev–Trinajstić information content (AvgIpc) is 2.23. The summed E-state index contributed by atoms with van der Waals surface area (Å²) in [6.45, 7) is 5.86. The smallest absolute Gasteiger partial charge is 0.0693 e. The molecule has 0 amide bonds. The minimum absolute atomic E-state index is 0.0155. The molecule has 1 heterocycles. The van der Waals surface area contributed by atoms with Crippen molar-refractivity contribution in [3.8, 4) is 0 Å². The van der Waals surface area contributed by atoms with Crippen LogP contribution < -0.4 is 11.1 Å². The van der Waals surface area contributed by atoms with Gasteiger partial charge in [-0.15, -0.1) is 0 Å². The first-order valence-electron chi connectivity index (χ1n) is 5.81. The Labute approximate surface area is 97.0 Å². The van der Waals surface area contributed by atoms with Gasteiger partial charge in [0, 0.05) is 6.61 Å². The maximum absolute atomic E-state index is 5.99. The Morgan fingerprint density at radius 2 is 2.25 bits per heavy atom. The van der Waals surface area contributed by atoms with Crippen molar-refractivity contribution in [3.63, 3.8) is 0 Å². The van der Waals surface area contributed by atoms with Gasteiger partial charge in [-0.3, -0.25) is 0 Å². The van der Waals surface area contributed by atoms with Crippen LogP contribution in [0.25, 0.3) is 0 Å². The van der Waals surface area contributed by atoms with Crippen molar-refractivity contribution in [2.45, 2.75) is 32.2 Å². The third-order valence-electron chi connectivity index (χ3n) is 3.08. The molecule has 3 heteroatoms. The number of nitrogens with one attached hydrogen (secondary N) is 1. The number of rotatable bonds is 2. The van der Waals surface area contributed by atoms with E-state index < -0.39 is 0 Å². The van der Waals surface area contributed by atoms with Crippen molar-refractivity contribution in [1.82, 2.24) is 0 Å². The lowest BCUT2D eigenvalue weighted by Gasteiger charge is -2.35. The molecule has 0 aliphatic carbocycles. The van der Waals surface area contributed by atoms with E-state index in [9.17, 15) is 0 Å². The van der Waals surface area contributed by atoms with Crippen LogP contribution in [-0.2, 0) is 4.74 Å². The molecule has 2 rings (SSSR count). The van der Waals surface area contributed by atoms with Crippen molar-refractivity contribution in [1.29, 1.82) is 0 Å². The minimum Gasteiger partial charge on any atom is -0.397 e. The number of benzene rings is 1. The zero-order chi connectivity index (χ0) is 11.6. The molecule has 16 heavy (non-hydrogen) atoms. The van der Waals surface area contributed by atoms with Gasteiger partial charge < -0.3 is 15.8 Å². The molecule has 1 saturated heterocycles. The molecule has 0 bridgehead atoms. The molecule has 3 N–H and O–H groups in total. The number of anilines is 2. The molecule has 1 aromatic carbocycles. The Morgan fingerprint density at radius 1 is 1.44 bits per heavy atom. The number of hydrogen-bond acceptors (Lipinski definition) is 3. The van der Waals surface area contributed by atoms with E-state index in [1.165, 1.54) is 5.56 Å². The van der Waals surface area contributed by atoms with Gasteiger partial charge in [0.05, 0.1) is 23.5 Å². The molecule has 1 unspecified atom stereocenters. The van der Waals surface area contributed by atoms with E-state index >= 15 is 0 Å². The first-order valence-corrected chi connectivity index (χ1v) is 5.81. The molecule has 1 aliphatic heterocycles. The Hall–Kier alpha value is -1.22. The Balaban J connectivity index is 2.13. The van der Waals surface area contributed by atoms with Crippen LogP contribution in [0.15, 0.2) is 18.2 Å². The highest BCUT2D eigenvalue weighted by Gasteiger charge is 2.27. The fourth-order valence-electron chi connectivity index (χ4n) is 2.15. The summed E-state index contributed by atoms with van der Waals surface area (Å²) in [6.07, 6.45) is 2.23. The molecule has 0 spiro atoms. The fourth-order valence-corrected chi connectivity index (χ4v) is 2.15. The largest absolute Gasteiger partial charge is 0.397 e. The Kier molecular flexibility index (Phi) is 3.06. The molecule has 3 nitrogen and oxygen atoms in total. The zero-order valence-corrected chi connectivity index (χ0v) is 10.0. The van der Waals surface area contributed by atoms with E-state index in [-0.39, 0.29) is 5.54 Å². The standard InChI is InChI=1S/C13H20N2O/c1-10-4-5-12(11(14)8-10)15-13(2)6-3-7-16-9-13/h4-5,8,15H,3,6-7,9,14H2,1-2H3. The summed E-state index contributed by atoms with van der Waals surface area (Å²) in [4.78, 5) is 0. The van der Waals surface area contributed by atoms with Gasteiger partial charge in [-0.05, 0) is 44.4 Å². The van der Waals surface area contributed by atoms with Crippen LogP contribution in [0.3, 0.4) is 0 Å². The summed E-state index contributed by atoms with van der Waals surface area (Å²) in [5, 5.41) is 3.50. The van der Waals surface area contributed by atoms with E-state index in [4.69, 9.17) is 10.5 Å². The van der Waals surface area contributed by atoms with E-state index in [1.807, 2.05) is 19.1 Å². The van der Waals surface area contributed by atoms with Gasteiger partial charge in [0.2, 0.25) is 0 Å². The van der Waals surface area contributed by atoms with Crippen molar-refractivity contribution < 1.29 is 4.74 Å². The molecule has 88 valence electrons. The van der Waals surface area contributed by atoms with Crippen LogP contribution >= 0.6 is 0 Å². The number of nitrogens with two attached hydrogens (primary N) is 1. The molecular weight excluding hydrogens is 200 g/mol. The summed E-state index contributed by atoms with van der Waals surface area (Å²) < 4.78 is 5.52. The van der Waals surface area contributed by atoms with Crippen molar-refractivity contribution in [3.05, 3.63) is 23.8 Å². The second kappa shape index (κ2) is 4.34. The minimum atomic E-state index is 0.0155. The van der Waals surface area contributed by atoms with Crippen LogP contribution in [0.4, 0.5) is 11.4 Å². The highest BCUT2D eigenvalue weighted by molar-refractivity contribution is 5.67. The predicted molar refractivity (Wildman–Crippen MR) is 67.7 cm³/mol. The molecule has 0 saturated carbocycles. The zero-order valence-electron chi connectivity index (χ0n) is 10.0. The van der Waals surface area contributed by atoms with Crippen molar-refractivity contribution in [2.24, 2.45) is 0 Å². The number of ether oxygens (including phenoxy) is 1. The maximum atomic E-state index is 5.99. The highest BCUT2D eigenvalue weighted by atomic mass is 16.5. The Bertz CT molecular complexity index is 370. The topological polar surface area (TPSA) is 47.3 Å². The van der Waals surface area contributed by atoms with Crippen LogP contribution in [-0.4, -0.2) is 18.8 Å². The summed E-state index contributed by atoms with van der Waals surface area (Å²) in [6, 6.07) is 6.12. The van der Waals surface area contributed by atoms with Gasteiger partial charge >= 0.3 is 0 Å². The normalized spacial score (nSPS) is 25.4. The fraction of sp³-hybridized carbons (Fsp3) is 0.538. The van der Waals surface area contributed by atoms with Crippen molar-refractivity contribution >= 4 is 11.4 Å². The highest BCUT2D eigenvalue weighted by Crippen LogP contribution is 2.27. The molecule has 0 aromatic heterocycles. The van der Waals surface area contributed by atoms with Gasteiger partial charge in [0.25, 0.3) is 0 Å². The molecule has 1 aliphatic rings. The van der Waals surface area contributed by atoms with Gasteiger partial charge in [-0.2, -0.15) is 0 Å². The maximum Gasteiger partial charge on any atom is 0.0693 e. The monoisotopic (exact) mass is 220 g/mol. The quantitative estimate of drug-likeness (QED) is 0.753. The molecular formula is C13H20N2O. The number of nitrogen functional groups attached to an aromatic ring is 1. The average molecular weight is 220 g/mol. The van der Waals surface area contributed by atoms with Crippen LogP contribution in [0, 0.1) is 6.92 Å². The molecule has 1 fully saturated rings. The van der Waals surface area contributed by atoms with Gasteiger partial charge in [0.1, 0.15) is 0 Å². The molecule has 1 atom stereocenters. The second-order valence-electron chi connectivity index (χ2n) is 4.93. The lowest BCUT2D eigenvalue weighted by atomic mass is 9.94. The number of hydrogen-bond donors (Lipinski definition) is 2. The second-order valence-corrected chi connectivity index (χ2v) is 4.93. The van der Waals surface area contributed by atoms with Crippen molar-refractivity contribution in [2.75, 3.05) is 24.3 Å². The Morgan fingerprint density at radius 3 is 2.88 bits per heavy atom. The lowest BCUT2D eigenvalue weighted by Crippen LogP contribution is -2.43. The van der Waals surface area contributed by atoms with E-state index in [0.29, 0.717) is 0 Å². The van der Waals surface area contributed by atoms with Crippen LogP contribution in [0.2, 0.25) is 0 Å². The lowest BCUT2D eigenvalue weighted by molar-refractivity contribution is 0.0540. The third-order valence-corrected chi connectivity index (χ3v) is 3.08. The van der Waals surface area contributed by atoms with E-state index in [1.54, 1.807) is 0 Å².